The van der Waals surface area contributed by atoms with Gasteiger partial charge in [0.1, 0.15) is 0 Å². The number of carbonyl (C=O) groups is 1. The molecule has 1 rings (SSSR count). The number of rotatable bonds is 6. The molecule has 1 atom stereocenters. The van der Waals surface area contributed by atoms with Gasteiger partial charge in [0.15, 0.2) is 0 Å². The van der Waals surface area contributed by atoms with Crippen LogP contribution in [0.4, 0.5) is 10.5 Å². The molecule has 0 saturated heterocycles. The molecule has 0 radical (unpaired) electrons. The number of benzene rings is 1. The number of nitrogens with zero attached hydrogens (tertiary/aromatic N) is 1. The molecule has 5 nitrogen and oxygen atoms in total. The van der Waals surface area contributed by atoms with E-state index in [9.17, 15) is 9.90 Å². The van der Waals surface area contributed by atoms with E-state index >= 15 is 0 Å². The van der Waals surface area contributed by atoms with Crippen LogP contribution in [0.5, 0.6) is 0 Å². The molecule has 0 aliphatic carbocycles. The maximum absolute atomic E-state index is 11.7. The third-order valence-corrected chi connectivity index (χ3v) is 3.34. The maximum Gasteiger partial charge on any atom is 0.319 e. The van der Waals surface area contributed by atoms with Crippen molar-refractivity contribution in [3.8, 4) is 6.07 Å². The average Bonchev–Trinajstić information content (AvgIpc) is 2.47. The summed E-state index contributed by atoms with van der Waals surface area (Å²) in [5.41, 5.74) is 1.15. The molecule has 5 heteroatoms. The van der Waals surface area contributed by atoms with Crippen molar-refractivity contribution in [1.82, 2.24) is 5.32 Å². The Labute approximate surface area is 119 Å². The van der Waals surface area contributed by atoms with Gasteiger partial charge in [0, 0.05) is 12.2 Å². The van der Waals surface area contributed by atoms with E-state index in [1.165, 1.54) is 0 Å². The van der Waals surface area contributed by atoms with E-state index in [-0.39, 0.29) is 18.5 Å². The molecule has 1 aromatic carbocycles. The Hall–Kier alpha value is -2.06. The second-order valence-corrected chi connectivity index (χ2v) is 4.67. The van der Waals surface area contributed by atoms with Crippen LogP contribution in [0, 0.1) is 17.2 Å². The largest absolute Gasteiger partial charge is 0.391 e. The van der Waals surface area contributed by atoms with E-state index in [1.54, 1.807) is 24.3 Å². The first-order valence-electron chi connectivity index (χ1n) is 6.83. The van der Waals surface area contributed by atoms with Crippen molar-refractivity contribution in [3.63, 3.8) is 0 Å². The Morgan fingerprint density at radius 1 is 1.30 bits per heavy atom. The normalized spacial score (nSPS) is 11.8. The summed E-state index contributed by atoms with van der Waals surface area (Å²) in [5.74, 6) is 0.199. The summed E-state index contributed by atoms with van der Waals surface area (Å²) in [4.78, 5) is 11.7. The summed E-state index contributed by atoms with van der Waals surface area (Å²) in [6.07, 6.45) is 1.24. The van der Waals surface area contributed by atoms with Crippen molar-refractivity contribution in [3.05, 3.63) is 29.8 Å². The highest BCUT2D eigenvalue weighted by atomic mass is 16.3. The smallest absolute Gasteiger partial charge is 0.319 e. The lowest BCUT2D eigenvalue weighted by Gasteiger charge is -2.20. The molecule has 0 unspecified atom stereocenters. The molecule has 0 heterocycles. The lowest BCUT2D eigenvalue weighted by Crippen LogP contribution is -2.38. The Balaban J connectivity index is 2.41. The van der Waals surface area contributed by atoms with Gasteiger partial charge in [-0.3, -0.25) is 0 Å². The molecule has 0 bridgehead atoms. The predicted octanol–water partition coefficient (Wildman–Crippen LogP) is 2.48. The van der Waals surface area contributed by atoms with Crippen LogP contribution in [0.1, 0.15) is 32.3 Å². The maximum atomic E-state index is 11.7. The number of nitrogens with one attached hydrogen (secondary N) is 2. The molecular formula is C15H21N3O2. The topological polar surface area (TPSA) is 85.2 Å². The van der Waals surface area contributed by atoms with Gasteiger partial charge >= 0.3 is 6.03 Å². The Morgan fingerprint density at radius 3 is 2.40 bits per heavy atom. The zero-order valence-electron chi connectivity index (χ0n) is 11.9. The Bertz CT molecular complexity index is 461. The average molecular weight is 275 g/mol. The number of aliphatic hydroxyl groups excluding tert-OH is 1. The van der Waals surface area contributed by atoms with Crippen LogP contribution in [0.2, 0.25) is 0 Å². The fraction of sp³-hybridized carbons (Fsp3) is 0.467. The van der Waals surface area contributed by atoms with E-state index in [0.29, 0.717) is 11.3 Å². The minimum atomic E-state index is -0.531. The summed E-state index contributed by atoms with van der Waals surface area (Å²) in [7, 11) is 0. The van der Waals surface area contributed by atoms with Gasteiger partial charge in [-0.25, -0.2) is 4.79 Å². The van der Waals surface area contributed by atoms with Crippen molar-refractivity contribution >= 4 is 11.7 Å². The van der Waals surface area contributed by atoms with Gasteiger partial charge in [0.2, 0.25) is 0 Å². The monoisotopic (exact) mass is 275 g/mol. The molecule has 0 aliphatic rings. The van der Waals surface area contributed by atoms with Gasteiger partial charge in [0.05, 0.1) is 17.7 Å². The molecule has 0 aliphatic heterocycles. The van der Waals surface area contributed by atoms with E-state index in [0.717, 1.165) is 12.8 Å². The highest BCUT2D eigenvalue weighted by molar-refractivity contribution is 5.89. The molecule has 108 valence electrons. The van der Waals surface area contributed by atoms with Gasteiger partial charge in [-0.2, -0.15) is 5.26 Å². The van der Waals surface area contributed by atoms with Crippen molar-refractivity contribution in [2.75, 3.05) is 11.9 Å². The number of anilines is 1. The predicted molar refractivity (Wildman–Crippen MR) is 78.3 cm³/mol. The first-order valence-corrected chi connectivity index (χ1v) is 6.83. The van der Waals surface area contributed by atoms with Crippen molar-refractivity contribution < 1.29 is 9.90 Å². The highest BCUT2D eigenvalue weighted by Gasteiger charge is 2.16. The molecule has 20 heavy (non-hydrogen) atoms. The lowest BCUT2D eigenvalue weighted by molar-refractivity contribution is 0.104. The summed E-state index contributed by atoms with van der Waals surface area (Å²) in [5, 5.41) is 23.9. The highest BCUT2D eigenvalue weighted by Crippen LogP contribution is 2.12. The van der Waals surface area contributed by atoms with Crippen LogP contribution in [0.3, 0.4) is 0 Å². The lowest BCUT2D eigenvalue weighted by atomic mass is 9.97. The van der Waals surface area contributed by atoms with Gasteiger partial charge in [-0.1, -0.05) is 26.7 Å². The first-order chi connectivity index (χ1) is 9.60. The number of aliphatic hydroxyl groups is 1. The van der Waals surface area contributed by atoms with Gasteiger partial charge in [-0.15, -0.1) is 0 Å². The molecular weight excluding hydrogens is 254 g/mol. The van der Waals surface area contributed by atoms with Crippen LogP contribution in [0.15, 0.2) is 24.3 Å². The number of hydrogen-bond acceptors (Lipinski definition) is 3. The summed E-state index contributed by atoms with van der Waals surface area (Å²) in [6, 6.07) is 8.24. The fourth-order valence-corrected chi connectivity index (χ4v) is 2.00. The molecule has 0 fully saturated rings. The van der Waals surface area contributed by atoms with Crippen molar-refractivity contribution in [2.24, 2.45) is 5.92 Å². The number of amides is 2. The standard InChI is InChI=1S/C15H21N3O2/c1-3-12(4-2)14(19)10-17-15(20)18-13-7-5-11(9-16)6-8-13/h5-8,12,14,19H,3-4,10H2,1-2H3,(H2,17,18,20)/t14-/m0/s1. The molecule has 0 spiro atoms. The number of urea groups is 1. The van der Waals surface area contributed by atoms with Crippen molar-refractivity contribution in [1.29, 1.82) is 5.26 Å². The quantitative estimate of drug-likeness (QED) is 0.745. The Kier molecular flexibility index (Phi) is 6.54. The van der Waals surface area contributed by atoms with E-state index in [2.05, 4.69) is 10.6 Å². The van der Waals surface area contributed by atoms with Crippen LogP contribution in [-0.2, 0) is 0 Å². The van der Waals surface area contributed by atoms with Gasteiger partial charge in [0.25, 0.3) is 0 Å². The van der Waals surface area contributed by atoms with Crippen LogP contribution in [-0.4, -0.2) is 23.8 Å². The summed E-state index contributed by atoms with van der Waals surface area (Å²) >= 11 is 0. The summed E-state index contributed by atoms with van der Waals surface area (Å²) in [6.45, 7) is 4.27. The van der Waals surface area contributed by atoms with Gasteiger partial charge in [-0.05, 0) is 30.2 Å². The zero-order chi connectivity index (χ0) is 15.0. The zero-order valence-corrected chi connectivity index (χ0v) is 11.9. The third-order valence-electron chi connectivity index (χ3n) is 3.34. The molecule has 0 saturated carbocycles. The second-order valence-electron chi connectivity index (χ2n) is 4.67. The fourth-order valence-electron chi connectivity index (χ4n) is 2.00. The van der Waals surface area contributed by atoms with E-state index in [4.69, 9.17) is 5.26 Å². The van der Waals surface area contributed by atoms with Crippen LogP contribution >= 0.6 is 0 Å². The number of carbonyl (C=O) groups excluding carboxylic acids is 1. The van der Waals surface area contributed by atoms with E-state index < -0.39 is 6.10 Å². The molecule has 1 aromatic rings. The second kappa shape index (κ2) is 8.18. The minimum Gasteiger partial charge on any atom is -0.391 e. The summed E-state index contributed by atoms with van der Waals surface area (Å²) < 4.78 is 0. The number of nitriles is 1. The first kappa shape index (κ1) is 16.0. The third kappa shape index (κ3) is 4.90. The number of hydrogen-bond donors (Lipinski definition) is 3. The van der Waals surface area contributed by atoms with Crippen LogP contribution < -0.4 is 10.6 Å². The minimum absolute atomic E-state index is 0.199. The van der Waals surface area contributed by atoms with Gasteiger partial charge < -0.3 is 15.7 Å². The molecule has 2 amide bonds. The SMILES string of the molecule is CCC(CC)[C@@H](O)CNC(=O)Nc1ccc(C#N)cc1. The molecule has 3 N–H and O–H groups in total. The Morgan fingerprint density at radius 2 is 1.90 bits per heavy atom. The van der Waals surface area contributed by atoms with E-state index in [1.807, 2.05) is 19.9 Å². The van der Waals surface area contributed by atoms with Crippen molar-refractivity contribution in [2.45, 2.75) is 32.8 Å². The van der Waals surface area contributed by atoms with Crippen LogP contribution in [0.25, 0.3) is 0 Å². The molecule has 0 aromatic heterocycles.